The lowest BCUT2D eigenvalue weighted by molar-refractivity contribution is -0.147. The van der Waals surface area contributed by atoms with Crippen LogP contribution in [0.1, 0.15) is 63.8 Å². The molecule has 0 fully saturated rings. The number of hydrogen-bond acceptors (Lipinski definition) is 3. The largest absolute Gasteiger partial charge is 0.481 e. The number of carboxylic acid groups (broad SMARTS) is 1. The van der Waals surface area contributed by atoms with Crippen LogP contribution in [0.3, 0.4) is 0 Å². The minimum Gasteiger partial charge on any atom is -0.481 e. The normalized spacial score (nSPS) is 26.1. The fourth-order valence-corrected chi connectivity index (χ4v) is 3.94. The van der Waals surface area contributed by atoms with Crippen molar-refractivity contribution in [1.82, 2.24) is 15.1 Å². The average Bonchev–Trinajstić information content (AvgIpc) is 3.00. The standard InChI is InChI=1S/C19H27N3O3/c1-19(2,3)22-16-10-6-9-15(14(16)11-20-22)21-17(23)12-7-4-5-8-13(12)18(24)25/h4-5,11-13,15H,6-10H2,1-3H3,(H,21,23)(H,24,25)/t12-,13-,15+/m1/s1. The third-order valence-corrected chi connectivity index (χ3v) is 5.22. The molecule has 136 valence electrons. The molecule has 2 aliphatic rings. The average molecular weight is 345 g/mol. The van der Waals surface area contributed by atoms with Crippen molar-refractivity contribution in [3.8, 4) is 0 Å². The van der Waals surface area contributed by atoms with Crippen molar-refractivity contribution >= 4 is 11.9 Å². The van der Waals surface area contributed by atoms with Gasteiger partial charge in [-0.2, -0.15) is 5.10 Å². The first-order valence-corrected chi connectivity index (χ1v) is 9.04. The van der Waals surface area contributed by atoms with Crippen molar-refractivity contribution in [1.29, 1.82) is 0 Å². The maximum atomic E-state index is 12.8. The fourth-order valence-electron chi connectivity index (χ4n) is 3.94. The number of aromatic nitrogens is 2. The highest BCUT2D eigenvalue weighted by Crippen LogP contribution is 2.33. The molecule has 1 amide bonds. The van der Waals surface area contributed by atoms with Crippen molar-refractivity contribution < 1.29 is 14.7 Å². The van der Waals surface area contributed by atoms with Crippen molar-refractivity contribution in [3.63, 3.8) is 0 Å². The zero-order valence-corrected chi connectivity index (χ0v) is 15.2. The quantitative estimate of drug-likeness (QED) is 0.825. The van der Waals surface area contributed by atoms with Crippen LogP contribution in [-0.2, 0) is 21.5 Å². The number of carbonyl (C=O) groups excluding carboxylic acids is 1. The number of rotatable bonds is 3. The first-order valence-electron chi connectivity index (χ1n) is 9.04. The molecule has 3 atom stereocenters. The second-order valence-corrected chi connectivity index (χ2v) is 8.08. The van der Waals surface area contributed by atoms with E-state index < -0.39 is 17.8 Å². The van der Waals surface area contributed by atoms with Crippen LogP contribution in [0.25, 0.3) is 0 Å². The van der Waals surface area contributed by atoms with E-state index in [1.165, 1.54) is 5.69 Å². The predicted octanol–water partition coefficient (Wildman–Crippen LogP) is 2.80. The van der Waals surface area contributed by atoms with Crippen LogP contribution in [-0.4, -0.2) is 26.8 Å². The van der Waals surface area contributed by atoms with Crippen LogP contribution in [0.4, 0.5) is 0 Å². The maximum Gasteiger partial charge on any atom is 0.307 e. The molecule has 3 rings (SSSR count). The Kier molecular flexibility index (Phi) is 4.71. The molecular formula is C19H27N3O3. The topological polar surface area (TPSA) is 84.2 Å². The molecule has 0 saturated heterocycles. The number of nitrogens with zero attached hydrogens (tertiary/aromatic N) is 2. The molecule has 0 radical (unpaired) electrons. The van der Waals surface area contributed by atoms with Gasteiger partial charge in [-0.1, -0.05) is 12.2 Å². The van der Waals surface area contributed by atoms with Crippen molar-refractivity contribution in [2.75, 3.05) is 0 Å². The molecule has 25 heavy (non-hydrogen) atoms. The number of fused-ring (bicyclic) bond motifs is 1. The van der Waals surface area contributed by atoms with Gasteiger partial charge in [-0.3, -0.25) is 14.3 Å². The summed E-state index contributed by atoms with van der Waals surface area (Å²) in [4.78, 5) is 24.2. The summed E-state index contributed by atoms with van der Waals surface area (Å²) < 4.78 is 2.05. The van der Waals surface area contributed by atoms with Crippen LogP contribution in [0.2, 0.25) is 0 Å². The van der Waals surface area contributed by atoms with Gasteiger partial charge in [0.05, 0.1) is 29.6 Å². The first-order chi connectivity index (χ1) is 11.8. The van der Waals surface area contributed by atoms with Gasteiger partial charge in [-0.15, -0.1) is 0 Å². The lowest BCUT2D eigenvalue weighted by Gasteiger charge is -2.30. The number of carbonyl (C=O) groups is 2. The van der Waals surface area contributed by atoms with Crippen molar-refractivity contribution in [2.24, 2.45) is 11.8 Å². The maximum absolute atomic E-state index is 12.8. The van der Waals surface area contributed by atoms with E-state index in [0.717, 1.165) is 24.8 Å². The zero-order chi connectivity index (χ0) is 18.2. The van der Waals surface area contributed by atoms with Crippen LogP contribution in [0.15, 0.2) is 18.3 Å². The van der Waals surface area contributed by atoms with Gasteiger partial charge in [0.15, 0.2) is 0 Å². The summed E-state index contributed by atoms with van der Waals surface area (Å²) in [6.07, 6.45) is 9.36. The second kappa shape index (κ2) is 6.65. The Morgan fingerprint density at radius 3 is 2.56 bits per heavy atom. The van der Waals surface area contributed by atoms with E-state index in [0.29, 0.717) is 12.8 Å². The number of nitrogens with one attached hydrogen (secondary N) is 1. The first kappa shape index (κ1) is 17.7. The monoisotopic (exact) mass is 345 g/mol. The molecule has 0 bridgehead atoms. The summed E-state index contributed by atoms with van der Waals surface area (Å²) in [5.74, 6) is -2.18. The van der Waals surface area contributed by atoms with Crippen molar-refractivity contribution in [2.45, 2.75) is 64.5 Å². The highest BCUT2D eigenvalue weighted by molar-refractivity contribution is 5.85. The third kappa shape index (κ3) is 3.48. The van der Waals surface area contributed by atoms with Gasteiger partial charge in [0.25, 0.3) is 0 Å². The molecule has 0 aromatic carbocycles. The molecule has 2 aliphatic carbocycles. The number of amides is 1. The molecule has 0 saturated carbocycles. The Labute approximate surface area is 148 Å². The minimum absolute atomic E-state index is 0.0762. The predicted molar refractivity (Wildman–Crippen MR) is 94.0 cm³/mol. The molecule has 6 heteroatoms. The van der Waals surface area contributed by atoms with E-state index in [1.807, 2.05) is 23.0 Å². The Bertz CT molecular complexity index is 699. The molecule has 1 heterocycles. The van der Waals surface area contributed by atoms with Crippen LogP contribution < -0.4 is 5.32 Å². The lowest BCUT2D eigenvalue weighted by atomic mass is 9.82. The van der Waals surface area contributed by atoms with Gasteiger partial charge in [0.2, 0.25) is 5.91 Å². The fraction of sp³-hybridized carbons (Fsp3) is 0.632. The number of hydrogen-bond donors (Lipinski definition) is 2. The highest BCUT2D eigenvalue weighted by atomic mass is 16.4. The number of aliphatic carboxylic acids is 1. The zero-order valence-electron chi connectivity index (χ0n) is 15.2. The Morgan fingerprint density at radius 2 is 1.92 bits per heavy atom. The minimum atomic E-state index is -0.894. The molecule has 0 spiro atoms. The highest BCUT2D eigenvalue weighted by Gasteiger charge is 2.36. The summed E-state index contributed by atoms with van der Waals surface area (Å²) >= 11 is 0. The SMILES string of the molecule is CC(C)(C)n1ncc2c1CCC[C@@H]2NC(=O)[C@@H]1CC=CC[C@H]1C(=O)O. The van der Waals surface area contributed by atoms with Gasteiger partial charge < -0.3 is 10.4 Å². The van der Waals surface area contributed by atoms with Gasteiger partial charge >= 0.3 is 5.97 Å². The van der Waals surface area contributed by atoms with Gasteiger partial charge in [0, 0.05) is 11.3 Å². The summed E-state index contributed by atoms with van der Waals surface area (Å²) in [6.45, 7) is 6.36. The molecule has 6 nitrogen and oxygen atoms in total. The van der Waals surface area contributed by atoms with E-state index in [2.05, 4.69) is 31.2 Å². The lowest BCUT2D eigenvalue weighted by Crippen LogP contribution is -2.41. The van der Waals surface area contributed by atoms with Gasteiger partial charge in [0.1, 0.15) is 0 Å². The second-order valence-electron chi connectivity index (χ2n) is 8.08. The number of allylic oxidation sites excluding steroid dienone is 2. The molecule has 2 N–H and O–H groups in total. The van der Waals surface area contributed by atoms with E-state index in [-0.39, 0.29) is 17.5 Å². The molecule has 0 unspecified atom stereocenters. The van der Waals surface area contributed by atoms with E-state index >= 15 is 0 Å². The summed E-state index contributed by atoms with van der Waals surface area (Å²) in [5.41, 5.74) is 2.16. The smallest absolute Gasteiger partial charge is 0.307 e. The summed E-state index contributed by atoms with van der Waals surface area (Å²) in [7, 11) is 0. The summed E-state index contributed by atoms with van der Waals surface area (Å²) in [5, 5.41) is 17.0. The van der Waals surface area contributed by atoms with E-state index in [4.69, 9.17) is 0 Å². The molecule has 1 aromatic rings. The molecule has 0 aliphatic heterocycles. The van der Waals surface area contributed by atoms with E-state index in [9.17, 15) is 14.7 Å². The third-order valence-electron chi connectivity index (χ3n) is 5.22. The van der Waals surface area contributed by atoms with Crippen LogP contribution >= 0.6 is 0 Å². The van der Waals surface area contributed by atoms with Crippen LogP contribution in [0, 0.1) is 11.8 Å². The molecule has 1 aromatic heterocycles. The summed E-state index contributed by atoms with van der Waals surface area (Å²) in [6, 6.07) is -0.0762. The Balaban J connectivity index is 1.79. The Hall–Kier alpha value is -2.11. The number of carboxylic acids is 1. The van der Waals surface area contributed by atoms with Crippen molar-refractivity contribution in [3.05, 3.63) is 29.6 Å². The van der Waals surface area contributed by atoms with Gasteiger partial charge in [-0.25, -0.2) is 0 Å². The van der Waals surface area contributed by atoms with Crippen LogP contribution in [0.5, 0.6) is 0 Å². The van der Waals surface area contributed by atoms with E-state index in [1.54, 1.807) is 0 Å². The van der Waals surface area contributed by atoms with Gasteiger partial charge in [-0.05, 0) is 52.9 Å². The molecular weight excluding hydrogens is 318 g/mol. The Morgan fingerprint density at radius 1 is 1.24 bits per heavy atom.